The lowest BCUT2D eigenvalue weighted by atomic mass is 10.1. The summed E-state index contributed by atoms with van der Waals surface area (Å²) in [7, 11) is 1.63. The van der Waals surface area contributed by atoms with Crippen molar-refractivity contribution in [3.8, 4) is 11.5 Å². The van der Waals surface area contributed by atoms with Crippen molar-refractivity contribution in [1.82, 2.24) is 0 Å². The van der Waals surface area contributed by atoms with Crippen molar-refractivity contribution in [3.05, 3.63) is 53.3 Å². The molecule has 0 saturated heterocycles. The van der Waals surface area contributed by atoms with Crippen LogP contribution in [0.25, 0.3) is 0 Å². The predicted molar refractivity (Wildman–Crippen MR) is 73.1 cm³/mol. The molecule has 0 unspecified atom stereocenters. The van der Waals surface area contributed by atoms with Gasteiger partial charge in [0.2, 0.25) is 0 Å². The van der Waals surface area contributed by atoms with Crippen LogP contribution in [0.3, 0.4) is 0 Å². The molecule has 0 aliphatic rings. The molecule has 0 radical (unpaired) electrons. The zero-order chi connectivity index (χ0) is 13.8. The van der Waals surface area contributed by atoms with Crippen LogP contribution in [0.15, 0.2) is 36.4 Å². The molecule has 0 bridgehead atoms. The summed E-state index contributed by atoms with van der Waals surface area (Å²) >= 11 is 0. The van der Waals surface area contributed by atoms with E-state index in [1.54, 1.807) is 7.11 Å². The minimum absolute atomic E-state index is 0.0669. The van der Waals surface area contributed by atoms with E-state index in [2.05, 4.69) is 5.32 Å². The van der Waals surface area contributed by atoms with E-state index >= 15 is 0 Å². The Hall–Kier alpha value is -2.23. The van der Waals surface area contributed by atoms with E-state index < -0.39 is 5.82 Å². The van der Waals surface area contributed by atoms with Crippen LogP contribution in [-0.2, 0) is 6.54 Å². The summed E-state index contributed by atoms with van der Waals surface area (Å²) in [6.45, 7) is 2.40. The lowest BCUT2D eigenvalue weighted by molar-refractivity contribution is 0.412. The minimum atomic E-state index is -0.442. The number of rotatable bonds is 4. The Labute approximate surface area is 111 Å². The minimum Gasteiger partial charge on any atom is -0.508 e. The smallest absolute Gasteiger partial charge is 0.127 e. The van der Waals surface area contributed by atoms with Gasteiger partial charge >= 0.3 is 0 Å². The van der Waals surface area contributed by atoms with Gasteiger partial charge in [0.05, 0.1) is 7.11 Å². The van der Waals surface area contributed by atoms with Gasteiger partial charge < -0.3 is 15.2 Å². The van der Waals surface area contributed by atoms with Crippen molar-refractivity contribution in [2.45, 2.75) is 13.5 Å². The Morgan fingerprint density at radius 2 is 2.00 bits per heavy atom. The highest BCUT2D eigenvalue weighted by Crippen LogP contribution is 2.22. The summed E-state index contributed by atoms with van der Waals surface area (Å²) in [6, 6.07) is 9.74. The van der Waals surface area contributed by atoms with E-state index in [1.807, 2.05) is 25.1 Å². The Bertz CT molecular complexity index is 564. The number of methoxy groups -OCH3 is 1. The number of phenols is 1. The third-order valence-corrected chi connectivity index (χ3v) is 2.83. The molecule has 0 saturated carbocycles. The topological polar surface area (TPSA) is 41.5 Å². The second-order valence-corrected chi connectivity index (χ2v) is 4.36. The molecule has 0 spiro atoms. The number of hydrogen-bond donors (Lipinski definition) is 2. The fourth-order valence-electron chi connectivity index (χ4n) is 1.93. The molecule has 2 aromatic rings. The van der Waals surface area contributed by atoms with Crippen LogP contribution in [0.4, 0.5) is 10.1 Å². The molecule has 0 fully saturated rings. The highest BCUT2D eigenvalue weighted by molar-refractivity contribution is 5.51. The summed E-state index contributed by atoms with van der Waals surface area (Å²) in [5.41, 5.74) is 2.63. The van der Waals surface area contributed by atoms with Crippen LogP contribution in [0.5, 0.6) is 11.5 Å². The molecule has 2 aromatic carbocycles. The number of aryl methyl sites for hydroxylation is 1. The quantitative estimate of drug-likeness (QED) is 0.885. The molecule has 0 aliphatic carbocycles. The maximum Gasteiger partial charge on any atom is 0.127 e. The lowest BCUT2D eigenvalue weighted by Gasteiger charge is -2.10. The summed E-state index contributed by atoms with van der Waals surface area (Å²) in [5.74, 6) is 0.319. The Balaban J connectivity index is 2.08. The number of anilines is 1. The molecule has 0 atom stereocenters. The monoisotopic (exact) mass is 261 g/mol. The van der Waals surface area contributed by atoms with Crippen LogP contribution in [0, 0.1) is 12.7 Å². The first-order chi connectivity index (χ1) is 9.08. The summed E-state index contributed by atoms with van der Waals surface area (Å²) < 4.78 is 18.3. The van der Waals surface area contributed by atoms with Gasteiger partial charge in [-0.2, -0.15) is 0 Å². The zero-order valence-electron chi connectivity index (χ0n) is 10.9. The van der Waals surface area contributed by atoms with E-state index in [1.165, 1.54) is 12.1 Å². The first-order valence-electron chi connectivity index (χ1n) is 5.95. The van der Waals surface area contributed by atoms with E-state index in [0.717, 1.165) is 23.1 Å². The molecular formula is C15H16FNO2. The average Bonchev–Trinajstić information content (AvgIpc) is 2.35. The van der Waals surface area contributed by atoms with E-state index in [0.29, 0.717) is 12.1 Å². The van der Waals surface area contributed by atoms with E-state index in [4.69, 9.17) is 4.74 Å². The van der Waals surface area contributed by atoms with Gasteiger partial charge in [-0.1, -0.05) is 0 Å². The van der Waals surface area contributed by atoms with Crippen LogP contribution in [0.2, 0.25) is 0 Å². The summed E-state index contributed by atoms with van der Waals surface area (Å²) in [6.07, 6.45) is 0. The highest BCUT2D eigenvalue weighted by atomic mass is 19.1. The van der Waals surface area contributed by atoms with Gasteiger partial charge in [0.15, 0.2) is 0 Å². The second-order valence-electron chi connectivity index (χ2n) is 4.36. The van der Waals surface area contributed by atoms with Crippen LogP contribution < -0.4 is 10.1 Å². The van der Waals surface area contributed by atoms with Crippen molar-refractivity contribution in [1.29, 1.82) is 0 Å². The van der Waals surface area contributed by atoms with Crippen molar-refractivity contribution in [2.75, 3.05) is 12.4 Å². The zero-order valence-corrected chi connectivity index (χ0v) is 10.9. The van der Waals surface area contributed by atoms with Gasteiger partial charge in [-0.05, 0) is 48.4 Å². The number of phenolic OH excluding ortho intramolecular Hbond substituents is 1. The van der Waals surface area contributed by atoms with Crippen LogP contribution >= 0.6 is 0 Å². The van der Waals surface area contributed by atoms with Gasteiger partial charge in [-0.15, -0.1) is 0 Å². The molecule has 0 aliphatic heterocycles. The average molecular weight is 261 g/mol. The molecule has 0 aromatic heterocycles. The molecule has 2 N–H and O–H groups in total. The fourth-order valence-corrected chi connectivity index (χ4v) is 1.93. The van der Waals surface area contributed by atoms with E-state index in [9.17, 15) is 9.50 Å². The van der Waals surface area contributed by atoms with Gasteiger partial charge in [0, 0.05) is 18.3 Å². The number of halogens is 1. The molecular weight excluding hydrogens is 245 g/mol. The maximum atomic E-state index is 13.1. The molecule has 2 rings (SSSR count). The highest BCUT2D eigenvalue weighted by Gasteiger charge is 2.02. The fraction of sp³-hybridized carbons (Fsp3) is 0.200. The first kappa shape index (κ1) is 13.2. The number of ether oxygens (including phenoxy) is 1. The van der Waals surface area contributed by atoms with Gasteiger partial charge in [-0.3, -0.25) is 0 Å². The van der Waals surface area contributed by atoms with Crippen LogP contribution in [0.1, 0.15) is 11.1 Å². The SMILES string of the molecule is COc1ccc(NCc2cc(O)cc(F)c2)cc1C. The molecule has 3 nitrogen and oxygen atoms in total. The summed E-state index contributed by atoms with van der Waals surface area (Å²) in [5, 5.41) is 12.5. The third-order valence-electron chi connectivity index (χ3n) is 2.83. The van der Waals surface area contributed by atoms with Gasteiger partial charge in [-0.25, -0.2) is 4.39 Å². The Morgan fingerprint density at radius 1 is 1.21 bits per heavy atom. The molecule has 0 heterocycles. The lowest BCUT2D eigenvalue weighted by Crippen LogP contribution is -2.00. The Morgan fingerprint density at radius 3 is 2.63 bits per heavy atom. The van der Waals surface area contributed by atoms with Crippen molar-refractivity contribution in [3.63, 3.8) is 0 Å². The normalized spacial score (nSPS) is 10.3. The van der Waals surface area contributed by atoms with Crippen molar-refractivity contribution >= 4 is 5.69 Å². The third kappa shape index (κ3) is 3.37. The Kier molecular flexibility index (Phi) is 3.90. The van der Waals surface area contributed by atoms with Gasteiger partial charge in [0.1, 0.15) is 17.3 Å². The largest absolute Gasteiger partial charge is 0.508 e. The molecule has 4 heteroatoms. The second kappa shape index (κ2) is 5.61. The maximum absolute atomic E-state index is 13.1. The van der Waals surface area contributed by atoms with Crippen molar-refractivity contribution in [2.24, 2.45) is 0 Å². The molecule has 0 amide bonds. The van der Waals surface area contributed by atoms with Crippen LogP contribution in [-0.4, -0.2) is 12.2 Å². The first-order valence-corrected chi connectivity index (χ1v) is 5.95. The number of benzene rings is 2. The number of hydrogen-bond acceptors (Lipinski definition) is 3. The number of nitrogens with one attached hydrogen (secondary N) is 1. The summed E-state index contributed by atoms with van der Waals surface area (Å²) in [4.78, 5) is 0. The molecule has 100 valence electrons. The van der Waals surface area contributed by atoms with Gasteiger partial charge in [0.25, 0.3) is 0 Å². The number of aromatic hydroxyl groups is 1. The molecule has 19 heavy (non-hydrogen) atoms. The van der Waals surface area contributed by atoms with Crippen molar-refractivity contribution < 1.29 is 14.2 Å². The standard InChI is InChI=1S/C15H16FNO2/c1-10-5-13(3-4-15(10)19-2)17-9-11-6-12(16)8-14(18)7-11/h3-8,17-18H,9H2,1-2H3. The van der Waals surface area contributed by atoms with E-state index in [-0.39, 0.29) is 5.75 Å². The predicted octanol–water partition coefficient (Wildman–Crippen LogP) is 3.46.